The Bertz CT molecular complexity index is 1250. The predicted molar refractivity (Wildman–Crippen MR) is 155 cm³/mol. The second-order valence-electron chi connectivity index (χ2n) is 12.9. The summed E-state index contributed by atoms with van der Waals surface area (Å²) in [6, 6.07) is 7.16. The standard InChI is InChI=1S/C32H43FN6O3/c1-3-27(40)39-17-16-38(19-22(39)11-14-34)30-24-10-13-32(12-9-21-6-4-8-26(33)25(21)18-32)29(41)28(24)35-31(36-30)42-20-23-7-5-15-37(23)2/h3-4,6,8,22-24,28,30-31,35-36H,1,5,7,9-13,15-20H2,2H3. The average molecular weight is 579 g/mol. The third kappa shape index (κ3) is 5.42. The molecule has 3 aliphatic heterocycles. The van der Waals surface area contributed by atoms with Gasteiger partial charge in [-0.3, -0.25) is 25.1 Å². The first-order chi connectivity index (χ1) is 20.3. The summed E-state index contributed by atoms with van der Waals surface area (Å²) in [6.45, 7) is 6.90. The van der Waals surface area contributed by atoms with Gasteiger partial charge in [0, 0.05) is 37.0 Å². The molecular weight excluding hydrogens is 535 g/mol. The molecule has 7 atom stereocenters. The number of carbonyl (C=O) groups excluding carboxylic acids is 2. The van der Waals surface area contributed by atoms with Gasteiger partial charge in [-0.2, -0.15) is 5.26 Å². The molecule has 3 heterocycles. The van der Waals surface area contributed by atoms with E-state index in [9.17, 15) is 19.2 Å². The number of aryl methyl sites for hydroxylation is 1. The van der Waals surface area contributed by atoms with Crippen molar-refractivity contribution in [3.05, 3.63) is 47.8 Å². The number of hydrogen-bond acceptors (Lipinski definition) is 8. The molecule has 1 aromatic rings. The number of rotatable bonds is 6. The zero-order valence-corrected chi connectivity index (χ0v) is 24.6. The fourth-order valence-corrected chi connectivity index (χ4v) is 8.24. The van der Waals surface area contributed by atoms with Gasteiger partial charge in [0.25, 0.3) is 0 Å². The number of carbonyl (C=O) groups is 2. The van der Waals surface area contributed by atoms with Crippen LogP contribution in [0.2, 0.25) is 0 Å². The Kier molecular flexibility index (Phi) is 8.49. The highest BCUT2D eigenvalue weighted by atomic mass is 19.1. The molecule has 10 heteroatoms. The molecular formula is C32H43FN6O3. The number of nitrogens with one attached hydrogen (secondary N) is 2. The third-order valence-electron chi connectivity index (χ3n) is 10.7. The monoisotopic (exact) mass is 578 g/mol. The van der Waals surface area contributed by atoms with Gasteiger partial charge in [0.2, 0.25) is 5.91 Å². The van der Waals surface area contributed by atoms with Crippen LogP contribution in [0, 0.1) is 28.5 Å². The van der Waals surface area contributed by atoms with E-state index in [1.165, 1.54) is 12.1 Å². The lowest BCUT2D eigenvalue weighted by atomic mass is 9.59. The lowest BCUT2D eigenvalue weighted by Gasteiger charge is -2.55. The molecule has 9 nitrogen and oxygen atoms in total. The first kappa shape index (κ1) is 29.4. The van der Waals surface area contributed by atoms with Crippen molar-refractivity contribution < 1.29 is 18.7 Å². The lowest BCUT2D eigenvalue weighted by Crippen LogP contribution is -2.74. The predicted octanol–water partition coefficient (Wildman–Crippen LogP) is 2.17. The molecule has 5 aliphatic rings. The summed E-state index contributed by atoms with van der Waals surface area (Å²) in [5.41, 5.74) is 1.13. The number of nitriles is 1. The number of hydrogen-bond donors (Lipinski definition) is 2. The van der Waals surface area contributed by atoms with Crippen molar-refractivity contribution in [3.8, 4) is 6.07 Å². The minimum Gasteiger partial charge on any atom is -0.348 e. The van der Waals surface area contributed by atoms with Crippen molar-refractivity contribution in [2.24, 2.45) is 11.3 Å². The van der Waals surface area contributed by atoms with Gasteiger partial charge in [-0.15, -0.1) is 0 Å². The van der Waals surface area contributed by atoms with Crippen LogP contribution < -0.4 is 10.6 Å². The van der Waals surface area contributed by atoms with Crippen molar-refractivity contribution in [1.29, 1.82) is 5.26 Å². The van der Waals surface area contributed by atoms with Gasteiger partial charge in [0.1, 0.15) is 5.82 Å². The number of Topliss-reactive ketones (excluding diaryl/α,β-unsaturated/α-hetero) is 1. The summed E-state index contributed by atoms with van der Waals surface area (Å²) >= 11 is 0. The zero-order valence-electron chi connectivity index (χ0n) is 24.6. The van der Waals surface area contributed by atoms with Crippen LogP contribution in [0.3, 0.4) is 0 Å². The van der Waals surface area contributed by atoms with E-state index in [2.05, 4.69) is 40.1 Å². The molecule has 3 saturated heterocycles. The number of fused-ring (bicyclic) bond motifs is 2. The Hall–Kier alpha value is -2.68. The Labute approximate surface area is 248 Å². The van der Waals surface area contributed by atoms with Crippen LogP contribution in [0.4, 0.5) is 4.39 Å². The fourth-order valence-electron chi connectivity index (χ4n) is 8.24. The number of nitrogens with zero attached hydrogens (tertiary/aromatic N) is 4. The summed E-state index contributed by atoms with van der Waals surface area (Å²) < 4.78 is 21.3. The molecule has 0 radical (unpaired) electrons. The van der Waals surface area contributed by atoms with E-state index < -0.39 is 17.8 Å². The van der Waals surface area contributed by atoms with E-state index in [0.29, 0.717) is 50.7 Å². The van der Waals surface area contributed by atoms with E-state index in [1.807, 2.05) is 6.07 Å². The van der Waals surface area contributed by atoms with Crippen molar-refractivity contribution >= 4 is 11.7 Å². The number of halogens is 1. The average Bonchev–Trinajstić information content (AvgIpc) is 3.42. The molecule has 2 aliphatic carbocycles. The minimum absolute atomic E-state index is 0.0106. The molecule has 1 saturated carbocycles. The minimum atomic E-state index is -0.583. The Morgan fingerprint density at radius 3 is 2.86 bits per heavy atom. The smallest absolute Gasteiger partial charge is 0.246 e. The van der Waals surface area contributed by atoms with Gasteiger partial charge in [0.05, 0.1) is 37.3 Å². The zero-order chi connectivity index (χ0) is 29.4. The molecule has 2 N–H and O–H groups in total. The number of likely N-dealkylation sites (N-methyl/N-ethyl adjacent to an activating group) is 1. The molecule has 1 aromatic carbocycles. The van der Waals surface area contributed by atoms with E-state index >= 15 is 0 Å². The second kappa shape index (κ2) is 12.1. The Morgan fingerprint density at radius 1 is 1.24 bits per heavy atom. The van der Waals surface area contributed by atoms with E-state index in [1.54, 1.807) is 11.0 Å². The summed E-state index contributed by atoms with van der Waals surface area (Å²) in [5, 5.41) is 16.7. The number of benzene rings is 1. The summed E-state index contributed by atoms with van der Waals surface area (Å²) in [5.74, 6) is -0.217. The highest BCUT2D eigenvalue weighted by molar-refractivity contribution is 5.91. The Balaban J connectivity index is 1.25. The summed E-state index contributed by atoms with van der Waals surface area (Å²) in [6.07, 6.45) is 6.53. The van der Waals surface area contributed by atoms with Crippen LogP contribution in [0.15, 0.2) is 30.9 Å². The number of likely N-dealkylation sites (tertiary alicyclic amines) is 1. The highest BCUT2D eigenvalue weighted by Crippen LogP contribution is 2.48. The van der Waals surface area contributed by atoms with Gasteiger partial charge in [-0.1, -0.05) is 18.7 Å². The normalized spacial score (nSPS) is 35.5. The second-order valence-corrected chi connectivity index (χ2v) is 12.9. The van der Waals surface area contributed by atoms with Crippen LogP contribution in [-0.4, -0.2) is 96.9 Å². The first-order valence-corrected chi connectivity index (χ1v) is 15.5. The molecule has 0 bridgehead atoms. The Morgan fingerprint density at radius 2 is 2.10 bits per heavy atom. The molecule has 0 aromatic heterocycles. The van der Waals surface area contributed by atoms with Crippen molar-refractivity contribution in [3.63, 3.8) is 0 Å². The quantitative estimate of drug-likeness (QED) is 0.496. The van der Waals surface area contributed by atoms with Gasteiger partial charge in [-0.05, 0) is 81.8 Å². The lowest BCUT2D eigenvalue weighted by molar-refractivity contribution is -0.154. The van der Waals surface area contributed by atoms with Gasteiger partial charge in [-0.25, -0.2) is 4.39 Å². The highest BCUT2D eigenvalue weighted by Gasteiger charge is 2.55. The molecule has 7 unspecified atom stereocenters. The van der Waals surface area contributed by atoms with Crippen molar-refractivity contribution in [1.82, 2.24) is 25.3 Å². The third-order valence-corrected chi connectivity index (χ3v) is 10.7. The van der Waals surface area contributed by atoms with Crippen LogP contribution in [-0.2, 0) is 27.2 Å². The molecule has 6 rings (SSSR count). The molecule has 226 valence electrons. The maximum absolute atomic E-state index is 14.9. The number of amides is 1. The van der Waals surface area contributed by atoms with Gasteiger partial charge >= 0.3 is 0 Å². The van der Waals surface area contributed by atoms with E-state index in [-0.39, 0.29) is 42.1 Å². The van der Waals surface area contributed by atoms with Crippen molar-refractivity contribution in [2.45, 2.75) is 82.0 Å². The van der Waals surface area contributed by atoms with Gasteiger partial charge in [0.15, 0.2) is 12.1 Å². The van der Waals surface area contributed by atoms with Gasteiger partial charge < -0.3 is 14.5 Å². The molecule has 1 amide bonds. The SMILES string of the molecule is C=CC(=O)N1CCN(C2NC(OCC3CCCN3C)NC3C(=O)C4(CCc5cccc(F)c5C4)CCC32)CC1CC#N. The number of piperazine rings is 1. The van der Waals surface area contributed by atoms with E-state index in [0.717, 1.165) is 44.2 Å². The molecule has 4 fully saturated rings. The van der Waals surface area contributed by atoms with Crippen LogP contribution in [0.1, 0.15) is 49.7 Å². The topological polar surface area (TPSA) is 101 Å². The molecule has 42 heavy (non-hydrogen) atoms. The van der Waals surface area contributed by atoms with Crippen LogP contribution in [0.25, 0.3) is 0 Å². The molecule has 1 spiro atoms. The van der Waals surface area contributed by atoms with Crippen LogP contribution in [0.5, 0.6) is 0 Å². The summed E-state index contributed by atoms with van der Waals surface area (Å²) in [7, 11) is 2.12. The van der Waals surface area contributed by atoms with Crippen molar-refractivity contribution in [2.75, 3.05) is 39.8 Å². The number of ketones is 1. The maximum Gasteiger partial charge on any atom is 0.246 e. The van der Waals surface area contributed by atoms with E-state index in [4.69, 9.17) is 4.74 Å². The fraction of sp³-hybridized carbons (Fsp3) is 0.656. The first-order valence-electron chi connectivity index (χ1n) is 15.5. The summed E-state index contributed by atoms with van der Waals surface area (Å²) in [4.78, 5) is 33.4. The number of ether oxygens (including phenoxy) is 1. The van der Waals surface area contributed by atoms with Crippen LogP contribution >= 0.6 is 0 Å². The maximum atomic E-state index is 14.9. The largest absolute Gasteiger partial charge is 0.348 e.